The van der Waals surface area contributed by atoms with Crippen LogP contribution in [0, 0.1) is 0 Å². The third kappa shape index (κ3) is 2.55. The molecule has 0 radical (unpaired) electrons. The van der Waals surface area contributed by atoms with E-state index in [2.05, 4.69) is 5.73 Å². The molecule has 6 heteroatoms. The number of primary amides is 1. The number of Topliss-reactive ketones (excluding diaryl/α,β-unsaturated/α-hetero) is 1. The number of rotatable bonds is 2. The number of hydrogen-bond donors (Lipinski definition) is 1. The number of benzene rings is 1. The van der Waals surface area contributed by atoms with Crippen molar-refractivity contribution < 1.29 is 22.8 Å². The highest BCUT2D eigenvalue weighted by Crippen LogP contribution is 2.29. The van der Waals surface area contributed by atoms with Crippen LogP contribution in [0.3, 0.4) is 0 Å². The van der Waals surface area contributed by atoms with E-state index >= 15 is 0 Å². The zero-order valence-electron chi connectivity index (χ0n) is 7.34. The Labute approximate surface area is 82.7 Å². The Morgan fingerprint density at radius 2 is 1.53 bits per heavy atom. The summed E-state index contributed by atoms with van der Waals surface area (Å²) >= 11 is 0. The SMILES string of the molecule is NC(=O)C(=O)c1ccc(C(F)(F)F)cc1. The van der Waals surface area contributed by atoms with Crippen LogP contribution < -0.4 is 5.73 Å². The molecule has 0 saturated heterocycles. The highest BCUT2D eigenvalue weighted by Gasteiger charge is 2.30. The van der Waals surface area contributed by atoms with Crippen LogP contribution in [0.5, 0.6) is 0 Å². The molecule has 0 aliphatic carbocycles. The van der Waals surface area contributed by atoms with Crippen LogP contribution in [0.2, 0.25) is 0 Å². The second-order valence-electron chi connectivity index (χ2n) is 2.77. The van der Waals surface area contributed by atoms with E-state index in [1.54, 1.807) is 0 Å². The van der Waals surface area contributed by atoms with Gasteiger partial charge < -0.3 is 5.73 Å². The predicted molar refractivity (Wildman–Crippen MR) is 45.0 cm³/mol. The molecule has 0 heterocycles. The molecule has 0 spiro atoms. The fraction of sp³-hybridized carbons (Fsp3) is 0.111. The molecule has 0 atom stereocenters. The normalized spacial score (nSPS) is 11.1. The number of carbonyl (C=O) groups excluding carboxylic acids is 2. The van der Waals surface area contributed by atoms with Gasteiger partial charge in [0.2, 0.25) is 5.78 Å². The van der Waals surface area contributed by atoms with Crippen LogP contribution in [0.15, 0.2) is 24.3 Å². The summed E-state index contributed by atoms with van der Waals surface area (Å²) in [7, 11) is 0. The highest BCUT2D eigenvalue weighted by molar-refractivity contribution is 6.42. The maximum Gasteiger partial charge on any atom is 0.416 e. The van der Waals surface area contributed by atoms with Crippen molar-refractivity contribution in [1.82, 2.24) is 0 Å². The molecular formula is C9H6F3NO2. The van der Waals surface area contributed by atoms with E-state index < -0.39 is 23.4 Å². The second-order valence-corrected chi connectivity index (χ2v) is 2.77. The summed E-state index contributed by atoms with van der Waals surface area (Å²) in [5.74, 6) is -2.21. The van der Waals surface area contributed by atoms with Crippen molar-refractivity contribution >= 4 is 11.7 Å². The molecule has 1 amide bonds. The minimum Gasteiger partial charge on any atom is -0.363 e. The Hall–Kier alpha value is -1.85. The number of halogens is 3. The molecule has 0 aliphatic heterocycles. The first-order valence-corrected chi connectivity index (χ1v) is 3.84. The molecule has 0 fully saturated rings. The van der Waals surface area contributed by atoms with Crippen LogP contribution in [-0.4, -0.2) is 11.7 Å². The zero-order chi connectivity index (χ0) is 11.6. The standard InChI is InChI=1S/C9H6F3NO2/c10-9(11,12)6-3-1-5(2-4-6)7(14)8(13)15/h1-4H,(H2,13,15). The van der Waals surface area contributed by atoms with Gasteiger partial charge >= 0.3 is 6.18 Å². The maximum absolute atomic E-state index is 12.1. The Kier molecular flexibility index (Phi) is 2.78. The lowest BCUT2D eigenvalue weighted by Crippen LogP contribution is -2.23. The molecule has 2 N–H and O–H groups in total. The van der Waals surface area contributed by atoms with Gasteiger partial charge in [0.25, 0.3) is 5.91 Å². The van der Waals surface area contributed by atoms with Gasteiger partial charge in [-0.25, -0.2) is 0 Å². The first kappa shape index (κ1) is 11.2. The van der Waals surface area contributed by atoms with Gasteiger partial charge in [0.1, 0.15) is 0 Å². The van der Waals surface area contributed by atoms with Gasteiger partial charge in [0.15, 0.2) is 0 Å². The summed E-state index contributed by atoms with van der Waals surface area (Å²) in [5.41, 5.74) is 3.64. The molecule has 1 rings (SSSR count). The first-order valence-electron chi connectivity index (χ1n) is 3.84. The molecule has 0 aromatic heterocycles. The molecule has 0 saturated carbocycles. The maximum atomic E-state index is 12.1. The van der Waals surface area contributed by atoms with Gasteiger partial charge in [0, 0.05) is 5.56 Å². The molecule has 0 aliphatic rings. The van der Waals surface area contributed by atoms with Gasteiger partial charge in [-0.2, -0.15) is 13.2 Å². The van der Waals surface area contributed by atoms with Gasteiger partial charge in [-0.1, -0.05) is 12.1 Å². The van der Waals surface area contributed by atoms with Crippen LogP contribution in [-0.2, 0) is 11.0 Å². The van der Waals surface area contributed by atoms with Crippen molar-refractivity contribution in [1.29, 1.82) is 0 Å². The Balaban J connectivity index is 3.01. The van der Waals surface area contributed by atoms with E-state index in [4.69, 9.17) is 0 Å². The summed E-state index contributed by atoms with van der Waals surface area (Å²) in [6, 6.07) is 3.26. The van der Waals surface area contributed by atoms with E-state index in [1.165, 1.54) is 0 Å². The quantitative estimate of drug-likeness (QED) is 0.600. The van der Waals surface area contributed by atoms with E-state index in [1.807, 2.05) is 0 Å². The third-order valence-electron chi connectivity index (χ3n) is 1.70. The van der Waals surface area contributed by atoms with Crippen molar-refractivity contribution in [3.05, 3.63) is 35.4 Å². The lowest BCUT2D eigenvalue weighted by Gasteiger charge is -2.06. The van der Waals surface area contributed by atoms with E-state index in [-0.39, 0.29) is 5.56 Å². The van der Waals surface area contributed by atoms with Crippen molar-refractivity contribution in [3.8, 4) is 0 Å². The Bertz CT molecular complexity index is 395. The fourth-order valence-corrected chi connectivity index (χ4v) is 0.953. The van der Waals surface area contributed by atoms with E-state index in [9.17, 15) is 22.8 Å². The highest BCUT2D eigenvalue weighted by atomic mass is 19.4. The molecule has 15 heavy (non-hydrogen) atoms. The number of ketones is 1. The number of carbonyl (C=O) groups is 2. The van der Waals surface area contributed by atoms with Crippen LogP contribution in [0.4, 0.5) is 13.2 Å². The van der Waals surface area contributed by atoms with Crippen LogP contribution in [0.25, 0.3) is 0 Å². The number of hydrogen-bond acceptors (Lipinski definition) is 2. The summed E-state index contributed by atoms with van der Waals surface area (Å²) < 4.78 is 36.3. The number of alkyl halides is 3. The molecule has 80 valence electrons. The molecule has 1 aromatic carbocycles. The topological polar surface area (TPSA) is 60.2 Å². The molecule has 3 nitrogen and oxygen atoms in total. The fourth-order valence-electron chi connectivity index (χ4n) is 0.953. The average Bonchev–Trinajstić information content (AvgIpc) is 2.15. The van der Waals surface area contributed by atoms with Gasteiger partial charge in [-0.05, 0) is 12.1 Å². The summed E-state index contributed by atoms with van der Waals surface area (Å²) in [4.78, 5) is 21.4. The van der Waals surface area contributed by atoms with Crippen molar-refractivity contribution in [2.75, 3.05) is 0 Å². The van der Waals surface area contributed by atoms with Crippen LogP contribution >= 0.6 is 0 Å². The van der Waals surface area contributed by atoms with Crippen LogP contribution in [0.1, 0.15) is 15.9 Å². The summed E-state index contributed by atoms with van der Waals surface area (Å²) in [6.07, 6.45) is -4.46. The monoisotopic (exact) mass is 217 g/mol. The van der Waals surface area contributed by atoms with E-state index in [0.717, 1.165) is 24.3 Å². The summed E-state index contributed by atoms with van der Waals surface area (Å²) in [6.45, 7) is 0. The first-order chi connectivity index (χ1) is 6.82. The number of nitrogens with two attached hydrogens (primary N) is 1. The molecular weight excluding hydrogens is 211 g/mol. The summed E-state index contributed by atoms with van der Waals surface area (Å²) in [5, 5.41) is 0. The lowest BCUT2D eigenvalue weighted by molar-refractivity contribution is -0.137. The largest absolute Gasteiger partial charge is 0.416 e. The molecule has 0 bridgehead atoms. The van der Waals surface area contributed by atoms with Gasteiger partial charge in [-0.15, -0.1) is 0 Å². The predicted octanol–water partition coefficient (Wildman–Crippen LogP) is 1.37. The minimum absolute atomic E-state index is 0.157. The molecule has 0 unspecified atom stereocenters. The second kappa shape index (κ2) is 3.72. The number of amides is 1. The van der Waals surface area contributed by atoms with Gasteiger partial charge in [0.05, 0.1) is 5.56 Å². The Morgan fingerprint density at radius 1 is 1.07 bits per heavy atom. The Morgan fingerprint density at radius 3 is 1.87 bits per heavy atom. The zero-order valence-corrected chi connectivity index (χ0v) is 7.34. The minimum atomic E-state index is -4.46. The van der Waals surface area contributed by atoms with E-state index in [0.29, 0.717) is 0 Å². The molecule has 1 aromatic rings. The lowest BCUT2D eigenvalue weighted by atomic mass is 10.1. The smallest absolute Gasteiger partial charge is 0.363 e. The average molecular weight is 217 g/mol. The van der Waals surface area contributed by atoms with Crippen molar-refractivity contribution in [2.24, 2.45) is 5.73 Å². The van der Waals surface area contributed by atoms with Gasteiger partial charge in [-0.3, -0.25) is 9.59 Å². The van der Waals surface area contributed by atoms with Crippen molar-refractivity contribution in [2.45, 2.75) is 6.18 Å². The van der Waals surface area contributed by atoms with Crippen molar-refractivity contribution in [3.63, 3.8) is 0 Å². The third-order valence-corrected chi connectivity index (χ3v) is 1.70.